The number of carbonyl (C=O) groups excluding carboxylic acids is 1. The van der Waals surface area contributed by atoms with Crippen LogP contribution in [0.4, 0.5) is 8.78 Å². The maximum Gasteiger partial charge on any atom is 0.188 e. The molecule has 0 bridgehead atoms. The highest BCUT2D eigenvalue weighted by molar-refractivity contribution is 5.96. The number of hydrogen-bond donors (Lipinski definition) is 1. The van der Waals surface area contributed by atoms with E-state index in [1.54, 1.807) is 24.3 Å². The number of Topliss-reactive ketones (excluding diaryl/α,β-unsaturated/α-hetero) is 1. The van der Waals surface area contributed by atoms with Crippen molar-refractivity contribution < 1.29 is 23.4 Å². The van der Waals surface area contributed by atoms with E-state index in [9.17, 15) is 13.6 Å². The van der Waals surface area contributed by atoms with E-state index in [2.05, 4.69) is 0 Å². The lowest BCUT2D eigenvalue weighted by Gasteiger charge is -2.38. The standard InChI is InChI=1S/C20H20F2O3/c21-16-5-6-18(22)17(11-16)20(7-9-25-10-8-20)12-14-1-3-15(4-2-14)19(24)13-23/h1-6,11,23H,7-10,12-13H2. The summed E-state index contributed by atoms with van der Waals surface area (Å²) < 4.78 is 33.6. The van der Waals surface area contributed by atoms with Gasteiger partial charge in [0, 0.05) is 24.2 Å². The molecule has 25 heavy (non-hydrogen) atoms. The molecule has 0 radical (unpaired) electrons. The molecule has 2 aromatic carbocycles. The summed E-state index contributed by atoms with van der Waals surface area (Å²) in [4.78, 5) is 11.5. The summed E-state index contributed by atoms with van der Waals surface area (Å²) in [6, 6.07) is 10.5. The Balaban J connectivity index is 1.94. The summed E-state index contributed by atoms with van der Waals surface area (Å²) in [6.07, 6.45) is 1.74. The minimum absolute atomic E-state index is 0.344. The van der Waals surface area contributed by atoms with E-state index in [4.69, 9.17) is 9.84 Å². The van der Waals surface area contributed by atoms with Crippen LogP contribution in [0.3, 0.4) is 0 Å². The van der Waals surface area contributed by atoms with Gasteiger partial charge < -0.3 is 9.84 Å². The average Bonchev–Trinajstić information content (AvgIpc) is 2.64. The van der Waals surface area contributed by atoms with Crippen molar-refractivity contribution in [2.75, 3.05) is 19.8 Å². The molecular formula is C20H20F2O3. The Bertz CT molecular complexity index is 750. The van der Waals surface area contributed by atoms with Crippen LogP contribution in [-0.2, 0) is 16.6 Å². The largest absolute Gasteiger partial charge is 0.388 e. The molecule has 5 heteroatoms. The number of benzene rings is 2. The molecule has 0 saturated carbocycles. The Morgan fingerprint density at radius 1 is 1.08 bits per heavy atom. The molecule has 132 valence electrons. The highest BCUT2D eigenvalue weighted by Crippen LogP contribution is 2.39. The maximum absolute atomic E-state index is 14.4. The highest BCUT2D eigenvalue weighted by Gasteiger charge is 2.37. The summed E-state index contributed by atoms with van der Waals surface area (Å²) >= 11 is 0. The summed E-state index contributed by atoms with van der Waals surface area (Å²) in [5, 5.41) is 8.92. The molecular weight excluding hydrogens is 326 g/mol. The van der Waals surface area contributed by atoms with Crippen molar-refractivity contribution in [1.29, 1.82) is 0 Å². The fourth-order valence-corrected chi connectivity index (χ4v) is 3.50. The first-order chi connectivity index (χ1) is 12.0. The Labute approximate surface area is 145 Å². The molecule has 0 aromatic heterocycles. The monoisotopic (exact) mass is 346 g/mol. The molecule has 1 saturated heterocycles. The van der Waals surface area contributed by atoms with Crippen LogP contribution in [0, 0.1) is 11.6 Å². The summed E-state index contributed by atoms with van der Waals surface area (Å²) in [7, 11) is 0. The van der Waals surface area contributed by atoms with Gasteiger partial charge in [-0.15, -0.1) is 0 Å². The summed E-state index contributed by atoms with van der Waals surface area (Å²) in [5.41, 5.74) is 1.21. The number of halogens is 2. The van der Waals surface area contributed by atoms with Gasteiger partial charge in [0.05, 0.1) is 0 Å². The third kappa shape index (κ3) is 3.78. The van der Waals surface area contributed by atoms with Gasteiger partial charge in [0.15, 0.2) is 5.78 Å². The Kier molecular flexibility index (Phi) is 5.25. The number of ether oxygens (including phenoxy) is 1. The molecule has 0 amide bonds. The predicted octanol–water partition coefficient (Wildman–Crippen LogP) is 3.43. The number of hydrogen-bond acceptors (Lipinski definition) is 3. The molecule has 1 heterocycles. The number of rotatable bonds is 5. The Hall–Kier alpha value is -2.11. The minimum Gasteiger partial charge on any atom is -0.388 e. The lowest BCUT2D eigenvalue weighted by molar-refractivity contribution is 0.0487. The molecule has 0 unspecified atom stereocenters. The van der Waals surface area contributed by atoms with E-state index in [1.807, 2.05) is 0 Å². The molecule has 1 fully saturated rings. The fourth-order valence-electron chi connectivity index (χ4n) is 3.50. The summed E-state index contributed by atoms with van der Waals surface area (Å²) in [6.45, 7) is 0.462. The molecule has 1 aliphatic rings. The van der Waals surface area contributed by atoms with Crippen molar-refractivity contribution >= 4 is 5.78 Å². The number of ketones is 1. The van der Waals surface area contributed by atoms with Crippen molar-refractivity contribution in [2.45, 2.75) is 24.7 Å². The van der Waals surface area contributed by atoms with E-state index in [0.717, 1.165) is 11.6 Å². The van der Waals surface area contributed by atoms with Crippen LogP contribution in [-0.4, -0.2) is 30.7 Å². The van der Waals surface area contributed by atoms with Gasteiger partial charge in [-0.3, -0.25) is 4.79 Å². The molecule has 1 N–H and O–H groups in total. The van der Waals surface area contributed by atoms with E-state index < -0.39 is 23.7 Å². The van der Waals surface area contributed by atoms with Crippen LogP contribution in [0.15, 0.2) is 42.5 Å². The highest BCUT2D eigenvalue weighted by atomic mass is 19.1. The second kappa shape index (κ2) is 7.42. The number of carbonyl (C=O) groups is 1. The molecule has 3 nitrogen and oxygen atoms in total. The smallest absolute Gasteiger partial charge is 0.188 e. The topological polar surface area (TPSA) is 46.5 Å². The van der Waals surface area contributed by atoms with Crippen LogP contribution in [0.25, 0.3) is 0 Å². The van der Waals surface area contributed by atoms with Crippen molar-refractivity contribution in [1.82, 2.24) is 0 Å². The van der Waals surface area contributed by atoms with Gasteiger partial charge in [-0.1, -0.05) is 24.3 Å². The lowest BCUT2D eigenvalue weighted by Crippen LogP contribution is -2.37. The van der Waals surface area contributed by atoms with Crippen molar-refractivity contribution in [3.05, 3.63) is 70.8 Å². The zero-order valence-corrected chi connectivity index (χ0v) is 13.8. The van der Waals surface area contributed by atoms with Crippen molar-refractivity contribution in [2.24, 2.45) is 0 Å². The second-order valence-electron chi connectivity index (χ2n) is 6.47. The molecule has 1 aliphatic heterocycles. The lowest BCUT2D eigenvalue weighted by atomic mass is 9.70. The molecule has 0 atom stereocenters. The normalized spacial score (nSPS) is 16.6. The van der Waals surface area contributed by atoms with Gasteiger partial charge in [-0.05, 0) is 48.6 Å². The van der Waals surface area contributed by atoms with E-state index in [0.29, 0.717) is 43.6 Å². The molecule has 0 spiro atoms. The van der Waals surface area contributed by atoms with E-state index >= 15 is 0 Å². The Morgan fingerprint density at radius 3 is 2.40 bits per heavy atom. The van der Waals surface area contributed by atoms with Gasteiger partial charge in [-0.25, -0.2) is 8.78 Å². The van der Waals surface area contributed by atoms with E-state index in [-0.39, 0.29) is 5.78 Å². The van der Waals surface area contributed by atoms with Crippen LogP contribution >= 0.6 is 0 Å². The zero-order valence-electron chi connectivity index (χ0n) is 13.8. The molecule has 2 aromatic rings. The van der Waals surface area contributed by atoms with Crippen LogP contribution < -0.4 is 0 Å². The van der Waals surface area contributed by atoms with Crippen molar-refractivity contribution in [3.63, 3.8) is 0 Å². The van der Waals surface area contributed by atoms with Gasteiger partial charge in [-0.2, -0.15) is 0 Å². The molecule has 3 rings (SSSR count). The Morgan fingerprint density at radius 2 is 1.76 bits per heavy atom. The third-order valence-corrected chi connectivity index (χ3v) is 4.91. The number of aliphatic hydroxyl groups excluding tert-OH is 1. The predicted molar refractivity (Wildman–Crippen MR) is 89.7 cm³/mol. The zero-order chi connectivity index (χ0) is 17.9. The maximum atomic E-state index is 14.4. The van der Waals surface area contributed by atoms with Crippen LogP contribution in [0.2, 0.25) is 0 Å². The summed E-state index contributed by atoms with van der Waals surface area (Å²) in [5.74, 6) is -1.20. The minimum atomic E-state index is -0.535. The van der Waals surface area contributed by atoms with Gasteiger partial charge in [0.2, 0.25) is 0 Å². The number of aliphatic hydroxyl groups is 1. The molecule has 0 aliphatic carbocycles. The van der Waals surface area contributed by atoms with Gasteiger partial charge in [0.25, 0.3) is 0 Å². The first-order valence-electron chi connectivity index (χ1n) is 8.30. The SMILES string of the molecule is O=C(CO)c1ccc(CC2(c3cc(F)ccc3F)CCOCC2)cc1. The first-order valence-corrected chi connectivity index (χ1v) is 8.30. The fraction of sp³-hybridized carbons (Fsp3) is 0.350. The quantitative estimate of drug-likeness (QED) is 0.844. The van der Waals surface area contributed by atoms with Gasteiger partial charge >= 0.3 is 0 Å². The second-order valence-corrected chi connectivity index (χ2v) is 6.47. The van der Waals surface area contributed by atoms with Crippen molar-refractivity contribution in [3.8, 4) is 0 Å². The first kappa shape index (κ1) is 17.7. The average molecular weight is 346 g/mol. The van der Waals surface area contributed by atoms with E-state index in [1.165, 1.54) is 12.1 Å². The third-order valence-electron chi connectivity index (χ3n) is 4.91. The van der Waals surface area contributed by atoms with Crippen LogP contribution in [0.1, 0.15) is 34.3 Å². The van der Waals surface area contributed by atoms with Crippen LogP contribution in [0.5, 0.6) is 0 Å². The van der Waals surface area contributed by atoms with Gasteiger partial charge in [0.1, 0.15) is 18.2 Å².